The molecule has 1 aromatic rings. The molecule has 3 rings (SSSR count). The molecule has 186 valence electrons. The van der Waals surface area contributed by atoms with Gasteiger partial charge in [0, 0.05) is 25.1 Å². The minimum atomic E-state index is -0.283. The molecule has 0 saturated carbocycles. The van der Waals surface area contributed by atoms with Crippen LogP contribution in [0.25, 0.3) is 0 Å². The van der Waals surface area contributed by atoms with E-state index in [0.29, 0.717) is 45.0 Å². The van der Waals surface area contributed by atoms with Crippen molar-refractivity contribution in [1.29, 1.82) is 0 Å². The predicted molar refractivity (Wildman–Crippen MR) is 135 cm³/mol. The van der Waals surface area contributed by atoms with Gasteiger partial charge in [0.15, 0.2) is 0 Å². The van der Waals surface area contributed by atoms with Crippen molar-refractivity contribution < 1.29 is 24.2 Å². The van der Waals surface area contributed by atoms with E-state index in [0.717, 1.165) is 38.5 Å². The molecular weight excluding hydrogens is 472 g/mol. The number of ketones is 1. The molecule has 0 aliphatic carbocycles. The number of Topliss-reactive ketones (excluding diaryl/α,β-unsaturated/α-hetero) is 1. The summed E-state index contributed by atoms with van der Waals surface area (Å²) >= 11 is 2.52. The average Bonchev–Trinajstić information content (AvgIpc) is 3.33. The lowest BCUT2D eigenvalue weighted by Gasteiger charge is -2.27. The quantitative estimate of drug-likeness (QED) is 0.234. The van der Waals surface area contributed by atoms with Gasteiger partial charge < -0.3 is 9.84 Å². The summed E-state index contributed by atoms with van der Waals surface area (Å²) in [6, 6.07) is 1.71. The van der Waals surface area contributed by atoms with Gasteiger partial charge in [-0.1, -0.05) is 63.6 Å². The standard InChI is InChI=1S/C25H34N2O5S2/c1-5-8-11-26-23(30)19(24(31)27(26)12-9-6-2)25-33-21-18(32-13-10-7-3)15-17(14-16(4)28)20(29)22(21)34-25/h15,29H,5-14H2,1-4H3. The van der Waals surface area contributed by atoms with Crippen molar-refractivity contribution in [2.45, 2.75) is 82.4 Å². The minimum absolute atomic E-state index is 0.0183. The summed E-state index contributed by atoms with van der Waals surface area (Å²) in [7, 11) is 0. The Morgan fingerprint density at radius 3 is 2.03 bits per heavy atom. The van der Waals surface area contributed by atoms with Gasteiger partial charge in [-0.2, -0.15) is 0 Å². The van der Waals surface area contributed by atoms with E-state index in [-0.39, 0.29) is 35.3 Å². The van der Waals surface area contributed by atoms with Crippen LogP contribution in [0.2, 0.25) is 0 Å². The molecule has 7 nitrogen and oxygen atoms in total. The average molecular weight is 507 g/mol. The summed E-state index contributed by atoms with van der Waals surface area (Å²) in [5, 5.41) is 14.1. The number of rotatable bonds is 12. The molecule has 0 atom stereocenters. The number of phenolic OH excluding ortho intramolecular Hbond substituents is 1. The maximum Gasteiger partial charge on any atom is 0.279 e. The Bertz CT molecular complexity index is 964. The summed E-state index contributed by atoms with van der Waals surface area (Å²) in [5.74, 6) is -0.0364. The first kappa shape index (κ1) is 26.5. The highest BCUT2D eigenvalue weighted by Crippen LogP contribution is 2.60. The first-order valence-electron chi connectivity index (χ1n) is 12.1. The summed E-state index contributed by atoms with van der Waals surface area (Å²) < 4.78 is 6.57. The van der Waals surface area contributed by atoms with Crippen LogP contribution in [-0.4, -0.2) is 52.4 Å². The fraction of sp³-hybridized carbons (Fsp3) is 0.560. The third kappa shape index (κ3) is 5.57. The Morgan fingerprint density at radius 2 is 1.50 bits per heavy atom. The van der Waals surface area contributed by atoms with E-state index in [1.165, 1.54) is 30.4 Å². The lowest BCUT2D eigenvalue weighted by Crippen LogP contribution is -2.42. The molecule has 0 bridgehead atoms. The lowest BCUT2D eigenvalue weighted by molar-refractivity contribution is -0.147. The molecule has 1 aromatic carbocycles. The summed E-state index contributed by atoms with van der Waals surface area (Å²) in [6.45, 7) is 9.18. The molecule has 1 saturated heterocycles. The number of benzene rings is 1. The van der Waals surface area contributed by atoms with Crippen LogP contribution in [0.5, 0.6) is 11.5 Å². The molecule has 0 radical (unpaired) electrons. The van der Waals surface area contributed by atoms with Crippen LogP contribution in [0.3, 0.4) is 0 Å². The van der Waals surface area contributed by atoms with Gasteiger partial charge in [0.05, 0.1) is 20.6 Å². The van der Waals surface area contributed by atoms with Crippen molar-refractivity contribution in [1.82, 2.24) is 10.0 Å². The van der Waals surface area contributed by atoms with Crippen LogP contribution in [0.4, 0.5) is 0 Å². The van der Waals surface area contributed by atoms with Gasteiger partial charge in [-0.3, -0.25) is 14.4 Å². The summed E-state index contributed by atoms with van der Waals surface area (Å²) in [4.78, 5) is 39.7. The Kier molecular flexibility index (Phi) is 9.36. The number of hydrazine groups is 1. The number of hydrogen-bond acceptors (Lipinski definition) is 7. The third-order valence-corrected chi connectivity index (χ3v) is 8.30. The zero-order valence-corrected chi connectivity index (χ0v) is 22.1. The van der Waals surface area contributed by atoms with Crippen LogP contribution in [-0.2, 0) is 20.8 Å². The fourth-order valence-corrected chi connectivity index (χ4v) is 6.47. The molecule has 2 heterocycles. The first-order valence-corrected chi connectivity index (χ1v) is 13.7. The fourth-order valence-electron chi connectivity index (χ4n) is 3.80. The number of unbranched alkanes of at least 4 members (excludes halogenated alkanes) is 3. The number of ether oxygens (including phenoxy) is 1. The molecule has 1 fully saturated rings. The number of thioether (sulfide) groups is 2. The smallest absolute Gasteiger partial charge is 0.279 e. The zero-order valence-electron chi connectivity index (χ0n) is 20.4. The van der Waals surface area contributed by atoms with Gasteiger partial charge in [-0.05, 0) is 32.3 Å². The van der Waals surface area contributed by atoms with Crippen molar-refractivity contribution >= 4 is 41.1 Å². The monoisotopic (exact) mass is 506 g/mol. The van der Waals surface area contributed by atoms with Crippen molar-refractivity contribution in [2.75, 3.05) is 19.7 Å². The van der Waals surface area contributed by atoms with E-state index in [1.807, 2.05) is 0 Å². The van der Waals surface area contributed by atoms with Gasteiger partial charge >= 0.3 is 0 Å². The van der Waals surface area contributed by atoms with E-state index in [9.17, 15) is 19.5 Å². The maximum absolute atomic E-state index is 13.4. The van der Waals surface area contributed by atoms with Gasteiger partial charge in [0.1, 0.15) is 22.9 Å². The number of aromatic hydroxyl groups is 1. The molecular formula is C25H34N2O5S2. The van der Waals surface area contributed by atoms with Crippen molar-refractivity contribution in [3.63, 3.8) is 0 Å². The molecule has 2 amide bonds. The summed E-state index contributed by atoms with van der Waals surface area (Å²) in [5.41, 5.74) is 0.653. The number of nitrogens with zero attached hydrogens (tertiary/aromatic N) is 2. The number of amides is 2. The Balaban J connectivity index is 2.01. The molecule has 0 aromatic heterocycles. The van der Waals surface area contributed by atoms with Crippen LogP contribution in [0.15, 0.2) is 25.7 Å². The predicted octanol–water partition coefficient (Wildman–Crippen LogP) is 5.30. The van der Waals surface area contributed by atoms with E-state index < -0.39 is 0 Å². The Morgan fingerprint density at radius 1 is 0.941 bits per heavy atom. The van der Waals surface area contributed by atoms with Crippen LogP contribution in [0, 0.1) is 0 Å². The highest BCUT2D eigenvalue weighted by atomic mass is 32.2. The highest BCUT2D eigenvalue weighted by molar-refractivity contribution is 8.25. The molecule has 2 aliphatic heterocycles. The molecule has 34 heavy (non-hydrogen) atoms. The Labute approximate surface area is 210 Å². The number of phenols is 1. The maximum atomic E-state index is 13.4. The topological polar surface area (TPSA) is 87.2 Å². The Hall–Kier alpha value is -2.13. The van der Waals surface area contributed by atoms with E-state index in [2.05, 4.69) is 20.8 Å². The zero-order chi connectivity index (χ0) is 24.8. The lowest BCUT2D eigenvalue weighted by atomic mass is 10.1. The van der Waals surface area contributed by atoms with Crippen molar-refractivity contribution in [3.05, 3.63) is 21.4 Å². The van der Waals surface area contributed by atoms with Gasteiger partial charge in [0.2, 0.25) is 0 Å². The molecule has 1 N–H and O–H groups in total. The number of carbonyl (C=O) groups is 3. The van der Waals surface area contributed by atoms with Gasteiger partial charge in [0.25, 0.3) is 11.8 Å². The SMILES string of the molecule is CCCCOc1cc(CC(C)=O)c(O)c2c1SC(=C1C(=O)N(CCCC)N(CCCC)C1=O)S2. The minimum Gasteiger partial charge on any atom is -0.506 e. The van der Waals surface area contributed by atoms with E-state index in [4.69, 9.17) is 4.74 Å². The second-order valence-electron chi connectivity index (χ2n) is 8.55. The van der Waals surface area contributed by atoms with Crippen LogP contribution < -0.4 is 4.74 Å². The summed E-state index contributed by atoms with van der Waals surface area (Å²) in [6.07, 6.45) is 5.41. The van der Waals surface area contributed by atoms with E-state index >= 15 is 0 Å². The third-order valence-electron chi connectivity index (χ3n) is 5.68. The van der Waals surface area contributed by atoms with Crippen LogP contribution >= 0.6 is 23.5 Å². The number of fused-ring (bicyclic) bond motifs is 1. The molecule has 0 unspecified atom stereocenters. The second-order valence-corrected chi connectivity index (χ2v) is 10.9. The molecule has 2 aliphatic rings. The van der Waals surface area contributed by atoms with Crippen molar-refractivity contribution in [2.24, 2.45) is 0 Å². The van der Waals surface area contributed by atoms with Gasteiger partial charge in [-0.15, -0.1) is 0 Å². The van der Waals surface area contributed by atoms with Crippen LogP contribution in [0.1, 0.15) is 71.8 Å². The second kappa shape index (κ2) is 12.0. The van der Waals surface area contributed by atoms with E-state index in [1.54, 1.807) is 16.1 Å². The number of carbonyl (C=O) groups excluding carboxylic acids is 3. The molecule has 0 spiro atoms. The van der Waals surface area contributed by atoms with Crippen molar-refractivity contribution in [3.8, 4) is 11.5 Å². The molecule has 9 heteroatoms. The van der Waals surface area contributed by atoms with Gasteiger partial charge in [-0.25, -0.2) is 10.0 Å². The highest BCUT2D eigenvalue weighted by Gasteiger charge is 2.44. The largest absolute Gasteiger partial charge is 0.506 e. The normalized spacial score (nSPS) is 15.5. The first-order chi connectivity index (χ1) is 16.3. The number of hydrogen-bond donors (Lipinski definition) is 1.